The molecule has 1 aromatic heterocycles. The Morgan fingerprint density at radius 1 is 0.952 bits per heavy atom. The van der Waals surface area contributed by atoms with E-state index in [-0.39, 0.29) is 0 Å². The molecule has 0 bridgehead atoms. The van der Waals surface area contributed by atoms with E-state index in [1.165, 1.54) is 0 Å². The number of nitrogens with zero attached hydrogens (tertiary/aromatic N) is 2. The van der Waals surface area contributed by atoms with E-state index >= 15 is 0 Å². The Morgan fingerprint density at radius 3 is 2.33 bits per heavy atom. The van der Waals surface area contributed by atoms with Gasteiger partial charge in [-0.05, 0) is 18.6 Å². The molecule has 3 aromatic rings. The Kier molecular flexibility index (Phi) is 4.88. The largest absolute Gasteiger partial charge is 0.496 e. The van der Waals surface area contributed by atoms with Crippen molar-refractivity contribution in [1.29, 1.82) is 0 Å². The summed E-state index contributed by atoms with van der Waals surface area (Å²) >= 11 is 0. The van der Waals surface area contributed by atoms with Gasteiger partial charge in [-0.3, -0.25) is 0 Å². The van der Waals surface area contributed by atoms with Gasteiger partial charge in [0.15, 0.2) is 0 Å². The van der Waals surface area contributed by atoms with Crippen molar-refractivity contribution in [3.05, 3.63) is 54.5 Å². The number of aryl methyl sites for hydroxylation is 1. The quantitative estimate of drug-likeness (QED) is 0.686. The van der Waals surface area contributed by atoms with Gasteiger partial charge in [-0.1, -0.05) is 44.2 Å². The maximum atomic E-state index is 5.49. The fourth-order valence-corrected chi connectivity index (χ4v) is 2.23. The number of hydrogen-bond donors (Lipinski definition) is 0. The van der Waals surface area contributed by atoms with Crippen LogP contribution >= 0.6 is 0 Å². The van der Waals surface area contributed by atoms with E-state index in [0.717, 1.165) is 33.5 Å². The zero-order chi connectivity index (χ0) is 15.2. The number of hydrogen-bond acceptors (Lipinski definition) is 3. The summed E-state index contributed by atoms with van der Waals surface area (Å²) in [5.41, 5.74) is 4.08. The summed E-state index contributed by atoms with van der Waals surface area (Å²) in [6.07, 6.45) is 1.58. The molecule has 3 nitrogen and oxygen atoms in total. The molecule has 0 aliphatic heterocycles. The molecule has 0 N–H and O–H groups in total. The highest BCUT2D eigenvalue weighted by atomic mass is 16.5. The van der Waals surface area contributed by atoms with Crippen LogP contribution in [0.4, 0.5) is 0 Å². The predicted octanol–water partition coefficient (Wildman–Crippen LogP) is 4.64. The molecule has 108 valence electrons. The Morgan fingerprint density at radius 2 is 1.67 bits per heavy atom. The third-order valence-corrected chi connectivity index (χ3v) is 3.24. The first-order valence-corrected chi connectivity index (χ1v) is 7.14. The van der Waals surface area contributed by atoms with Crippen molar-refractivity contribution in [1.82, 2.24) is 9.97 Å². The molecular weight excluding hydrogens is 260 g/mol. The van der Waals surface area contributed by atoms with E-state index in [9.17, 15) is 0 Å². The number of rotatable bonds is 2. The average Bonchev–Trinajstić information content (AvgIpc) is 2.57. The van der Waals surface area contributed by atoms with Crippen LogP contribution in [0.15, 0.2) is 48.8 Å². The van der Waals surface area contributed by atoms with Gasteiger partial charge in [-0.2, -0.15) is 0 Å². The lowest BCUT2D eigenvalue weighted by molar-refractivity contribution is 0.417. The average molecular weight is 280 g/mol. The van der Waals surface area contributed by atoms with Crippen molar-refractivity contribution in [2.75, 3.05) is 7.11 Å². The molecule has 2 aromatic carbocycles. The molecule has 0 unspecified atom stereocenters. The zero-order valence-corrected chi connectivity index (χ0v) is 12.9. The van der Waals surface area contributed by atoms with Gasteiger partial charge in [-0.25, -0.2) is 9.97 Å². The molecular formula is C18H20N2O. The number of methoxy groups -OCH3 is 1. The van der Waals surface area contributed by atoms with Crippen LogP contribution in [0.3, 0.4) is 0 Å². The second kappa shape index (κ2) is 6.84. The molecule has 21 heavy (non-hydrogen) atoms. The van der Waals surface area contributed by atoms with Crippen LogP contribution in [0.5, 0.6) is 5.75 Å². The van der Waals surface area contributed by atoms with Gasteiger partial charge in [0.05, 0.1) is 12.6 Å². The number of ether oxygens (including phenoxy) is 1. The number of aromatic nitrogens is 2. The van der Waals surface area contributed by atoms with E-state index in [4.69, 9.17) is 4.74 Å². The van der Waals surface area contributed by atoms with E-state index in [0.29, 0.717) is 0 Å². The van der Waals surface area contributed by atoms with E-state index in [1.807, 2.05) is 45.0 Å². The van der Waals surface area contributed by atoms with Gasteiger partial charge in [0.25, 0.3) is 0 Å². The smallest absolute Gasteiger partial charge is 0.128 e. The van der Waals surface area contributed by atoms with E-state index in [2.05, 4.69) is 28.2 Å². The predicted molar refractivity (Wildman–Crippen MR) is 87.6 cm³/mol. The zero-order valence-electron chi connectivity index (χ0n) is 12.9. The van der Waals surface area contributed by atoms with Crippen LogP contribution < -0.4 is 4.74 Å². The lowest BCUT2D eigenvalue weighted by Gasteiger charge is -2.11. The van der Waals surface area contributed by atoms with Gasteiger partial charge in [-0.15, -0.1) is 0 Å². The lowest BCUT2D eigenvalue weighted by Crippen LogP contribution is -1.92. The summed E-state index contributed by atoms with van der Waals surface area (Å²) in [5, 5.41) is 1.06. The highest BCUT2D eigenvalue weighted by Crippen LogP contribution is 2.33. The van der Waals surface area contributed by atoms with Crippen LogP contribution in [-0.2, 0) is 0 Å². The number of fused-ring (bicyclic) bond motifs is 1. The molecule has 0 saturated carbocycles. The van der Waals surface area contributed by atoms with Crippen molar-refractivity contribution in [3.63, 3.8) is 0 Å². The molecule has 0 aliphatic rings. The van der Waals surface area contributed by atoms with Gasteiger partial charge >= 0.3 is 0 Å². The summed E-state index contributed by atoms with van der Waals surface area (Å²) in [4.78, 5) is 8.54. The Bertz CT molecular complexity index is 724. The van der Waals surface area contributed by atoms with Crippen LogP contribution in [-0.4, -0.2) is 17.1 Å². The summed E-state index contributed by atoms with van der Waals surface area (Å²) in [6, 6.07) is 14.3. The summed E-state index contributed by atoms with van der Waals surface area (Å²) in [5.74, 6) is 0.830. The highest BCUT2D eigenvalue weighted by molar-refractivity contribution is 5.89. The van der Waals surface area contributed by atoms with Crippen LogP contribution in [0.1, 0.15) is 19.5 Å². The number of benzene rings is 2. The first-order valence-electron chi connectivity index (χ1n) is 7.14. The molecule has 0 radical (unpaired) electrons. The van der Waals surface area contributed by atoms with Gasteiger partial charge in [0.2, 0.25) is 0 Å². The van der Waals surface area contributed by atoms with Gasteiger partial charge in [0.1, 0.15) is 12.1 Å². The van der Waals surface area contributed by atoms with Crippen LogP contribution in [0, 0.1) is 6.92 Å². The molecule has 0 saturated heterocycles. The van der Waals surface area contributed by atoms with E-state index in [1.54, 1.807) is 13.4 Å². The minimum Gasteiger partial charge on any atom is -0.496 e. The third kappa shape index (κ3) is 3.02. The van der Waals surface area contributed by atoms with Gasteiger partial charge < -0.3 is 4.74 Å². The highest BCUT2D eigenvalue weighted by Gasteiger charge is 2.09. The standard InChI is InChI=1S/C16H14N2O.C2H6/c1-11-13-8-14(12-6-4-3-5-7-12)16(19-2)9-15(13)18-10-17-11;1-2/h3-10H,1-2H3;1-2H3. The third-order valence-electron chi connectivity index (χ3n) is 3.24. The Hall–Kier alpha value is -2.42. The summed E-state index contributed by atoms with van der Waals surface area (Å²) in [6.45, 7) is 5.99. The van der Waals surface area contributed by atoms with Crippen molar-refractivity contribution in [3.8, 4) is 16.9 Å². The second-order valence-electron chi connectivity index (χ2n) is 4.39. The Balaban J connectivity index is 0.000000774. The molecule has 0 atom stereocenters. The fraction of sp³-hybridized carbons (Fsp3) is 0.222. The fourth-order valence-electron chi connectivity index (χ4n) is 2.23. The Labute approximate surface area is 125 Å². The maximum Gasteiger partial charge on any atom is 0.128 e. The normalized spacial score (nSPS) is 9.90. The van der Waals surface area contributed by atoms with Crippen molar-refractivity contribution < 1.29 is 4.74 Å². The van der Waals surface area contributed by atoms with Crippen molar-refractivity contribution in [2.24, 2.45) is 0 Å². The first kappa shape index (κ1) is 15.0. The minimum absolute atomic E-state index is 0.830. The molecule has 1 heterocycles. The molecule has 0 fully saturated rings. The van der Waals surface area contributed by atoms with Crippen molar-refractivity contribution in [2.45, 2.75) is 20.8 Å². The molecule has 0 aliphatic carbocycles. The minimum atomic E-state index is 0.830. The monoisotopic (exact) mass is 280 g/mol. The van der Waals surface area contributed by atoms with Crippen molar-refractivity contribution >= 4 is 10.9 Å². The summed E-state index contributed by atoms with van der Waals surface area (Å²) in [7, 11) is 1.68. The SMILES string of the molecule is CC.COc1cc2ncnc(C)c2cc1-c1ccccc1. The van der Waals surface area contributed by atoms with E-state index < -0.39 is 0 Å². The van der Waals surface area contributed by atoms with Crippen LogP contribution in [0.25, 0.3) is 22.0 Å². The molecule has 3 rings (SSSR count). The maximum absolute atomic E-state index is 5.49. The summed E-state index contributed by atoms with van der Waals surface area (Å²) < 4.78 is 5.49. The lowest BCUT2D eigenvalue weighted by atomic mass is 10.0. The topological polar surface area (TPSA) is 35.0 Å². The molecule has 3 heteroatoms. The van der Waals surface area contributed by atoms with Crippen LogP contribution in [0.2, 0.25) is 0 Å². The first-order chi connectivity index (χ1) is 10.3. The molecule has 0 spiro atoms. The second-order valence-corrected chi connectivity index (χ2v) is 4.39. The molecule has 0 amide bonds. The van der Waals surface area contributed by atoms with Gasteiger partial charge in [0, 0.05) is 22.7 Å².